The van der Waals surface area contributed by atoms with Gasteiger partial charge in [0.1, 0.15) is 0 Å². The van der Waals surface area contributed by atoms with Crippen molar-refractivity contribution in [1.82, 2.24) is 0 Å². The highest BCUT2D eigenvalue weighted by Gasteiger charge is 2.52. The Morgan fingerprint density at radius 2 is 1.73 bits per heavy atom. The Morgan fingerprint density at radius 1 is 1.13 bits per heavy atom. The van der Waals surface area contributed by atoms with Gasteiger partial charge in [-0.1, -0.05) is 53.6 Å². The zero-order valence-electron chi connectivity index (χ0n) is 18.5. The van der Waals surface area contributed by atoms with E-state index in [9.17, 15) is 14.7 Å². The molecule has 0 heterocycles. The highest BCUT2D eigenvalue weighted by Crippen LogP contribution is 2.46. The normalized spacial score (nSPS) is 19.4. The molecule has 2 atom stereocenters. The number of esters is 2. The van der Waals surface area contributed by atoms with Crippen molar-refractivity contribution in [2.45, 2.75) is 59.5 Å². The average molecular weight is 415 g/mol. The summed E-state index contributed by atoms with van der Waals surface area (Å²) in [4.78, 5) is 25.6. The number of hydrogen-bond donors (Lipinski definition) is 1. The lowest BCUT2D eigenvalue weighted by molar-refractivity contribution is -0.174. The van der Waals surface area contributed by atoms with E-state index in [2.05, 4.69) is 13.8 Å². The third kappa shape index (κ3) is 5.60. The monoisotopic (exact) mass is 414 g/mol. The van der Waals surface area contributed by atoms with Gasteiger partial charge in [-0.15, -0.1) is 0 Å². The fourth-order valence-corrected chi connectivity index (χ4v) is 4.11. The molecule has 0 radical (unpaired) electrons. The van der Waals surface area contributed by atoms with Crippen molar-refractivity contribution in [2.75, 3.05) is 13.2 Å². The first kappa shape index (κ1) is 23.9. The molecule has 5 heteroatoms. The van der Waals surface area contributed by atoms with Crippen molar-refractivity contribution >= 4 is 11.9 Å². The zero-order chi connectivity index (χ0) is 22.1. The Morgan fingerprint density at radius 3 is 2.27 bits per heavy atom. The van der Waals surface area contributed by atoms with E-state index in [0.717, 1.165) is 5.56 Å². The minimum absolute atomic E-state index is 0.0828. The summed E-state index contributed by atoms with van der Waals surface area (Å²) in [5.41, 5.74) is 2.00. The summed E-state index contributed by atoms with van der Waals surface area (Å²) in [6.45, 7) is 8.03. The van der Waals surface area contributed by atoms with Gasteiger partial charge in [-0.25, -0.2) is 0 Å². The lowest BCUT2D eigenvalue weighted by Crippen LogP contribution is -2.46. The summed E-state index contributed by atoms with van der Waals surface area (Å²) in [7, 11) is 0. The number of rotatable bonds is 8. The maximum Gasteiger partial charge on any atom is 0.323 e. The Hall–Kier alpha value is -2.40. The molecule has 0 saturated heterocycles. The molecular weight excluding hydrogens is 380 g/mol. The fourth-order valence-electron chi connectivity index (χ4n) is 4.11. The summed E-state index contributed by atoms with van der Waals surface area (Å²) >= 11 is 0. The molecule has 30 heavy (non-hydrogen) atoms. The molecule has 0 aliphatic heterocycles. The van der Waals surface area contributed by atoms with Crippen molar-refractivity contribution in [2.24, 2.45) is 11.3 Å². The summed E-state index contributed by atoms with van der Waals surface area (Å²) in [6.07, 6.45) is 5.17. The molecular formula is C25H34O5. The molecule has 0 bridgehead atoms. The third-order valence-electron chi connectivity index (χ3n) is 5.72. The molecule has 1 aromatic rings. The van der Waals surface area contributed by atoms with Crippen LogP contribution in [0.4, 0.5) is 0 Å². The molecule has 1 fully saturated rings. The average Bonchev–Trinajstić information content (AvgIpc) is 2.74. The van der Waals surface area contributed by atoms with E-state index >= 15 is 0 Å². The Balaban J connectivity index is 2.25. The third-order valence-corrected chi connectivity index (χ3v) is 5.72. The molecule has 0 spiro atoms. The van der Waals surface area contributed by atoms with Gasteiger partial charge in [0, 0.05) is 0 Å². The summed E-state index contributed by atoms with van der Waals surface area (Å²) in [5, 5.41) is 10.4. The topological polar surface area (TPSA) is 72.8 Å². The predicted octanol–water partition coefficient (Wildman–Crippen LogP) is 4.92. The van der Waals surface area contributed by atoms with Crippen LogP contribution in [0.25, 0.3) is 0 Å². The van der Waals surface area contributed by atoms with Crippen molar-refractivity contribution in [1.29, 1.82) is 0 Å². The van der Waals surface area contributed by atoms with Crippen molar-refractivity contribution in [3.8, 4) is 0 Å². The summed E-state index contributed by atoms with van der Waals surface area (Å²) < 4.78 is 10.6. The number of carbonyl (C=O) groups is 2. The predicted molar refractivity (Wildman–Crippen MR) is 117 cm³/mol. The summed E-state index contributed by atoms with van der Waals surface area (Å²) in [6, 6.07) is 9.51. The van der Waals surface area contributed by atoms with Crippen LogP contribution in [0, 0.1) is 11.3 Å². The number of carbonyl (C=O) groups excluding carboxylic acids is 2. The molecule has 0 unspecified atom stereocenters. The van der Waals surface area contributed by atoms with Crippen LogP contribution in [0.5, 0.6) is 0 Å². The lowest BCUT2D eigenvalue weighted by atomic mass is 9.66. The van der Waals surface area contributed by atoms with Crippen LogP contribution in [-0.4, -0.2) is 30.3 Å². The van der Waals surface area contributed by atoms with Gasteiger partial charge in [0.05, 0.1) is 19.3 Å². The van der Waals surface area contributed by atoms with Crippen molar-refractivity contribution < 1.29 is 24.2 Å². The van der Waals surface area contributed by atoms with Crippen LogP contribution in [0.2, 0.25) is 0 Å². The number of hydrogen-bond acceptors (Lipinski definition) is 5. The molecule has 0 aromatic heterocycles. The van der Waals surface area contributed by atoms with Gasteiger partial charge >= 0.3 is 11.9 Å². The number of allylic oxidation sites excluding steroid dienone is 3. The van der Waals surface area contributed by atoms with Crippen LogP contribution in [0.3, 0.4) is 0 Å². The van der Waals surface area contributed by atoms with Crippen molar-refractivity contribution in [3.05, 3.63) is 59.2 Å². The highest BCUT2D eigenvalue weighted by molar-refractivity contribution is 6.00. The van der Waals surface area contributed by atoms with Gasteiger partial charge in [0.15, 0.2) is 5.41 Å². The number of ether oxygens (including phenoxy) is 2. The second-order valence-corrected chi connectivity index (χ2v) is 7.95. The van der Waals surface area contributed by atoms with E-state index in [1.807, 2.05) is 42.5 Å². The second kappa shape index (κ2) is 11.1. The first-order valence-corrected chi connectivity index (χ1v) is 10.8. The van der Waals surface area contributed by atoms with Crippen LogP contribution in [0.1, 0.15) is 65.0 Å². The lowest BCUT2D eigenvalue weighted by Gasteiger charge is -2.38. The Kier molecular flexibility index (Phi) is 8.85. The van der Waals surface area contributed by atoms with Gasteiger partial charge in [0.25, 0.3) is 0 Å². The van der Waals surface area contributed by atoms with Gasteiger partial charge < -0.3 is 14.6 Å². The van der Waals surface area contributed by atoms with E-state index in [1.165, 1.54) is 11.1 Å². The largest absolute Gasteiger partial charge is 0.465 e. The maximum atomic E-state index is 12.8. The van der Waals surface area contributed by atoms with Gasteiger partial charge in [-0.05, 0) is 64.9 Å². The molecule has 164 valence electrons. The standard InChI is InChI=1S/C25H34O5/c1-5-29-23(27)25(24(28)30-6-2)16-15-21(18(3)4)20(17-25)13-10-14-22(26)19-11-8-7-9-12-19/h7-13,20,22,26H,5-6,14-17H2,1-4H3/b13-10+/t20-,22+/m1/s1. The SMILES string of the molecule is CCOC(=O)C1(C(=O)OCC)CCC(=C(C)C)[C@H](/C=C/C[C@H](O)c2ccccc2)C1. The van der Waals surface area contributed by atoms with E-state index in [-0.39, 0.29) is 19.1 Å². The van der Waals surface area contributed by atoms with Gasteiger partial charge in [-0.2, -0.15) is 0 Å². The first-order chi connectivity index (χ1) is 14.4. The number of benzene rings is 1. The number of aliphatic hydroxyl groups is 1. The highest BCUT2D eigenvalue weighted by atomic mass is 16.6. The Labute approximate surface area is 179 Å². The zero-order valence-corrected chi connectivity index (χ0v) is 18.5. The van der Waals surface area contributed by atoms with Crippen LogP contribution in [0.15, 0.2) is 53.6 Å². The molecule has 1 aliphatic rings. The molecule has 1 aliphatic carbocycles. The first-order valence-electron chi connectivity index (χ1n) is 10.8. The molecule has 5 nitrogen and oxygen atoms in total. The molecule has 1 saturated carbocycles. The van der Waals surface area contributed by atoms with E-state index < -0.39 is 23.5 Å². The van der Waals surface area contributed by atoms with Gasteiger partial charge in [-0.3, -0.25) is 9.59 Å². The minimum Gasteiger partial charge on any atom is -0.465 e. The van der Waals surface area contributed by atoms with Crippen LogP contribution < -0.4 is 0 Å². The number of aliphatic hydroxyl groups excluding tert-OH is 1. The van der Waals surface area contributed by atoms with E-state index in [1.54, 1.807) is 13.8 Å². The summed E-state index contributed by atoms with van der Waals surface area (Å²) in [5.74, 6) is -1.08. The quantitative estimate of drug-likeness (QED) is 0.371. The van der Waals surface area contributed by atoms with Crippen molar-refractivity contribution in [3.63, 3.8) is 0 Å². The molecule has 2 rings (SSSR count). The fraction of sp³-hybridized carbons (Fsp3) is 0.520. The van der Waals surface area contributed by atoms with Crippen LogP contribution in [-0.2, 0) is 19.1 Å². The smallest absolute Gasteiger partial charge is 0.323 e. The van der Waals surface area contributed by atoms with Gasteiger partial charge in [0.2, 0.25) is 0 Å². The van der Waals surface area contributed by atoms with E-state index in [0.29, 0.717) is 25.7 Å². The maximum absolute atomic E-state index is 12.8. The molecule has 1 N–H and O–H groups in total. The molecule has 1 aromatic carbocycles. The molecule has 0 amide bonds. The van der Waals surface area contributed by atoms with Crippen LogP contribution >= 0.6 is 0 Å². The minimum atomic E-state index is -1.28. The van der Waals surface area contributed by atoms with E-state index in [4.69, 9.17) is 9.47 Å². The second-order valence-electron chi connectivity index (χ2n) is 7.95. The Bertz CT molecular complexity index is 756.